The Morgan fingerprint density at radius 2 is 2.03 bits per heavy atom. The molecule has 1 fully saturated rings. The Hall–Kier alpha value is -3.22. The van der Waals surface area contributed by atoms with Gasteiger partial charge in [0.15, 0.2) is 16.1 Å². The highest BCUT2D eigenvalue weighted by atomic mass is 32.1. The second-order valence-corrected chi connectivity index (χ2v) is 9.54. The topological polar surface area (TPSA) is 99.2 Å². The van der Waals surface area contributed by atoms with Gasteiger partial charge in [-0.25, -0.2) is 24.3 Å². The number of carbonyl (C=O) groups is 1. The summed E-state index contributed by atoms with van der Waals surface area (Å²) >= 11 is 2.81. The number of amides is 1. The Labute approximate surface area is 197 Å². The number of hydrogen-bond donors (Lipinski definition) is 2. The summed E-state index contributed by atoms with van der Waals surface area (Å²) in [5.41, 5.74) is 2.04. The smallest absolute Gasteiger partial charge is 0.273 e. The number of nitrogens with zero attached hydrogens (tertiary/aromatic N) is 6. The molecule has 5 rings (SSSR count). The minimum atomic E-state index is -0.522. The Morgan fingerprint density at radius 1 is 1.21 bits per heavy atom. The van der Waals surface area contributed by atoms with Crippen molar-refractivity contribution >= 4 is 55.0 Å². The molecule has 4 heterocycles. The number of hydrogen-bond acceptors (Lipinski definition) is 10. The molecule has 1 saturated heterocycles. The van der Waals surface area contributed by atoms with Crippen LogP contribution in [-0.4, -0.2) is 71.0 Å². The molecular formula is C21H21FN8OS2. The quantitative estimate of drug-likeness (QED) is 0.446. The highest BCUT2D eigenvalue weighted by Gasteiger charge is 2.21. The van der Waals surface area contributed by atoms with Crippen molar-refractivity contribution in [1.82, 2.24) is 30.2 Å². The molecule has 1 aliphatic heterocycles. The lowest BCUT2D eigenvalue weighted by molar-refractivity contribution is 0.0731. The first-order valence-electron chi connectivity index (χ1n) is 10.3. The first kappa shape index (κ1) is 21.6. The number of halogens is 1. The van der Waals surface area contributed by atoms with E-state index < -0.39 is 5.82 Å². The van der Waals surface area contributed by atoms with Crippen LogP contribution in [0.1, 0.15) is 10.5 Å². The largest absolute Gasteiger partial charge is 0.354 e. The summed E-state index contributed by atoms with van der Waals surface area (Å²) in [6, 6.07) is 5.53. The van der Waals surface area contributed by atoms with Crippen LogP contribution < -0.4 is 15.5 Å². The molecule has 0 radical (unpaired) electrons. The van der Waals surface area contributed by atoms with Gasteiger partial charge < -0.3 is 20.4 Å². The number of nitrogens with one attached hydrogen (secondary N) is 2. The van der Waals surface area contributed by atoms with Crippen LogP contribution in [0.25, 0.3) is 21.5 Å². The summed E-state index contributed by atoms with van der Waals surface area (Å²) in [7, 11) is 3.87. The summed E-state index contributed by atoms with van der Waals surface area (Å²) in [4.78, 5) is 33.7. The van der Waals surface area contributed by atoms with Gasteiger partial charge in [0.2, 0.25) is 5.95 Å². The fourth-order valence-corrected chi connectivity index (χ4v) is 5.04. The highest BCUT2D eigenvalue weighted by molar-refractivity contribution is 7.22. The summed E-state index contributed by atoms with van der Waals surface area (Å²) in [6.07, 6.45) is 1.13. The van der Waals surface area contributed by atoms with Crippen LogP contribution in [-0.2, 0) is 0 Å². The average molecular weight is 485 g/mol. The summed E-state index contributed by atoms with van der Waals surface area (Å²) in [5.74, 6) is -0.414. The number of fused-ring (bicyclic) bond motifs is 1. The van der Waals surface area contributed by atoms with E-state index in [9.17, 15) is 9.18 Å². The molecule has 9 nitrogen and oxygen atoms in total. The van der Waals surface area contributed by atoms with E-state index >= 15 is 0 Å². The maximum Gasteiger partial charge on any atom is 0.273 e. The van der Waals surface area contributed by atoms with Crippen molar-refractivity contribution in [2.24, 2.45) is 0 Å². The van der Waals surface area contributed by atoms with E-state index in [1.165, 1.54) is 22.7 Å². The van der Waals surface area contributed by atoms with Crippen LogP contribution in [0.2, 0.25) is 0 Å². The van der Waals surface area contributed by atoms with E-state index in [1.807, 2.05) is 31.1 Å². The number of thiazole rings is 2. The lowest BCUT2D eigenvalue weighted by atomic mass is 10.1. The van der Waals surface area contributed by atoms with Gasteiger partial charge in [0.25, 0.3) is 5.91 Å². The van der Waals surface area contributed by atoms with Gasteiger partial charge in [-0.2, -0.15) is 0 Å². The van der Waals surface area contributed by atoms with Crippen molar-refractivity contribution in [2.75, 3.05) is 50.5 Å². The van der Waals surface area contributed by atoms with E-state index in [0.29, 0.717) is 29.5 Å². The van der Waals surface area contributed by atoms with E-state index in [1.54, 1.807) is 16.3 Å². The minimum absolute atomic E-state index is 0.100. The number of aromatic nitrogens is 4. The molecule has 4 aromatic rings. The van der Waals surface area contributed by atoms with Gasteiger partial charge in [-0.3, -0.25) is 4.79 Å². The molecular weight excluding hydrogens is 463 g/mol. The molecule has 2 N–H and O–H groups in total. The number of piperazine rings is 1. The molecule has 0 aliphatic carbocycles. The van der Waals surface area contributed by atoms with Crippen molar-refractivity contribution in [3.8, 4) is 11.3 Å². The van der Waals surface area contributed by atoms with Gasteiger partial charge in [-0.05, 0) is 12.1 Å². The fraction of sp³-hybridized carbons (Fsp3) is 0.286. The van der Waals surface area contributed by atoms with Crippen molar-refractivity contribution in [1.29, 1.82) is 0 Å². The normalized spacial score (nSPS) is 14.0. The van der Waals surface area contributed by atoms with Crippen molar-refractivity contribution in [2.45, 2.75) is 0 Å². The van der Waals surface area contributed by atoms with Crippen LogP contribution >= 0.6 is 22.7 Å². The first-order chi connectivity index (χ1) is 16.0. The molecule has 0 bridgehead atoms. The van der Waals surface area contributed by atoms with Gasteiger partial charge in [0.05, 0.1) is 16.4 Å². The zero-order valence-corrected chi connectivity index (χ0v) is 19.6. The number of benzene rings is 1. The maximum atomic E-state index is 14.6. The minimum Gasteiger partial charge on any atom is -0.354 e. The van der Waals surface area contributed by atoms with Gasteiger partial charge in [-0.15, -0.1) is 11.3 Å². The van der Waals surface area contributed by atoms with Crippen LogP contribution in [0.3, 0.4) is 0 Å². The summed E-state index contributed by atoms with van der Waals surface area (Å²) in [5, 5.41) is 9.27. The van der Waals surface area contributed by atoms with Gasteiger partial charge in [0, 0.05) is 51.2 Å². The fourth-order valence-electron chi connectivity index (χ4n) is 3.44. The molecule has 0 unspecified atom stereocenters. The zero-order valence-electron chi connectivity index (χ0n) is 18.0. The first-order valence-corrected chi connectivity index (χ1v) is 12.0. The summed E-state index contributed by atoms with van der Waals surface area (Å²) in [6.45, 7) is 2.86. The molecule has 1 aliphatic rings. The SMILES string of the molecule is CN(C)c1nc2ccc(-c3nc(Nc4nc(C(=O)N5CCNCC5)cs4)ncc3F)cc2s1. The monoisotopic (exact) mass is 484 g/mol. The highest BCUT2D eigenvalue weighted by Crippen LogP contribution is 2.32. The van der Waals surface area contributed by atoms with Gasteiger partial charge >= 0.3 is 0 Å². The lowest BCUT2D eigenvalue weighted by Gasteiger charge is -2.26. The maximum absolute atomic E-state index is 14.6. The molecule has 33 heavy (non-hydrogen) atoms. The Kier molecular flexibility index (Phi) is 5.87. The molecule has 0 saturated carbocycles. The standard InChI is InChI=1S/C21H21FN8OS2/c1-29(2)21-26-14-4-3-12(9-16(14)33-21)17-13(22)10-24-19(27-17)28-20-25-15(11-32-20)18(31)30-7-5-23-6-8-30/h3-4,9-11,23H,5-8H2,1-2H3,(H,24,25,27,28). The second-order valence-electron chi connectivity index (χ2n) is 7.67. The Bertz CT molecular complexity index is 1310. The van der Waals surface area contributed by atoms with E-state index in [2.05, 4.69) is 30.6 Å². The molecule has 1 amide bonds. The van der Waals surface area contributed by atoms with Crippen LogP contribution in [0.15, 0.2) is 29.8 Å². The van der Waals surface area contributed by atoms with E-state index in [0.717, 1.165) is 34.6 Å². The molecule has 0 spiro atoms. The van der Waals surface area contributed by atoms with E-state index in [-0.39, 0.29) is 17.5 Å². The van der Waals surface area contributed by atoms with Gasteiger partial charge in [0.1, 0.15) is 11.4 Å². The lowest BCUT2D eigenvalue weighted by Crippen LogP contribution is -2.46. The molecule has 170 valence electrons. The third kappa shape index (κ3) is 4.49. The van der Waals surface area contributed by atoms with Crippen molar-refractivity contribution < 1.29 is 9.18 Å². The number of carbonyl (C=O) groups excluding carboxylic acids is 1. The predicted octanol–water partition coefficient (Wildman–Crippen LogP) is 3.20. The third-order valence-electron chi connectivity index (χ3n) is 5.12. The van der Waals surface area contributed by atoms with E-state index in [4.69, 9.17) is 0 Å². The third-order valence-corrected chi connectivity index (χ3v) is 7.07. The average Bonchev–Trinajstić information content (AvgIpc) is 3.47. The van der Waals surface area contributed by atoms with Crippen LogP contribution in [0.4, 0.5) is 20.6 Å². The Morgan fingerprint density at radius 3 is 2.82 bits per heavy atom. The molecule has 3 aromatic heterocycles. The number of anilines is 3. The summed E-state index contributed by atoms with van der Waals surface area (Å²) < 4.78 is 15.5. The second kappa shape index (κ2) is 8.96. The number of rotatable bonds is 5. The van der Waals surface area contributed by atoms with Gasteiger partial charge in [-0.1, -0.05) is 17.4 Å². The van der Waals surface area contributed by atoms with Crippen LogP contribution in [0.5, 0.6) is 0 Å². The Balaban J connectivity index is 1.38. The van der Waals surface area contributed by atoms with Crippen LogP contribution in [0, 0.1) is 5.82 Å². The zero-order chi connectivity index (χ0) is 22.9. The van der Waals surface area contributed by atoms with Crippen molar-refractivity contribution in [3.63, 3.8) is 0 Å². The molecule has 0 atom stereocenters. The van der Waals surface area contributed by atoms with Crippen molar-refractivity contribution in [3.05, 3.63) is 41.3 Å². The molecule has 12 heteroatoms. The molecule has 1 aromatic carbocycles. The predicted molar refractivity (Wildman–Crippen MR) is 129 cm³/mol.